The molecule has 0 saturated heterocycles. The minimum Gasteiger partial charge on any atom is -0.544 e. The quantitative estimate of drug-likeness (QED) is 0.589. The van der Waals surface area contributed by atoms with E-state index in [4.69, 9.17) is 10.2 Å². The molecule has 22 heavy (non-hydrogen) atoms. The van der Waals surface area contributed by atoms with Crippen LogP contribution >= 0.6 is 0 Å². The van der Waals surface area contributed by atoms with Crippen LogP contribution in [0.3, 0.4) is 0 Å². The van der Waals surface area contributed by atoms with Crippen LogP contribution in [0.15, 0.2) is 42.5 Å². The van der Waals surface area contributed by atoms with Gasteiger partial charge in [-0.25, -0.2) is 0 Å². The fourth-order valence-corrected chi connectivity index (χ4v) is 3.11. The van der Waals surface area contributed by atoms with Crippen LogP contribution in [0.4, 0.5) is 5.69 Å². The zero-order valence-electron chi connectivity index (χ0n) is 14.5. The highest BCUT2D eigenvalue weighted by molar-refractivity contribution is 6.74. The lowest BCUT2D eigenvalue weighted by atomic mass is 10.0. The molecule has 2 nitrogen and oxygen atoms in total. The third kappa shape index (κ3) is 3.35. The number of hydrogen-bond acceptors (Lipinski definition) is 2. The normalized spacial score (nSPS) is 12.3. The lowest BCUT2D eigenvalue weighted by Crippen LogP contribution is -2.43. The molecule has 0 fully saturated rings. The van der Waals surface area contributed by atoms with E-state index < -0.39 is 8.32 Å². The molecule has 0 amide bonds. The Morgan fingerprint density at radius 2 is 1.55 bits per heavy atom. The Kier molecular flexibility index (Phi) is 4.39. The van der Waals surface area contributed by atoms with Gasteiger partial charge < -0.3 is 10.2 Å². The molecule has 0 atom stereocenters. The number of aryl methyl sites for hydroxylation is 1. The molecule has 0 aliphatic rings. The summed E-state index contributed by atoms with van der Waals surface area (Å²) in [5.74, 6) is 0.946. The van der Waals surface area contributed by atoms with Crippen molar-refractivity contribution in [3.8, 4) is 16.9 Å². The first-order valence-electron chi connectivity index (χ1n) is 7.76. The molecule has 0 aliphatic carbocycles. The molecule has 0 aromatic heterocycles. The molecule has 0 spiro atoms. The van der Waals surface area contributed by atoms with Crippen LogP contribution in [-0.2, 0) is 0 Å². The van der Waals surface area contributed by atoms with Gasteiger partial charge in [-0.1, -0.05) is 51.1 Å². The number of nitrogens with two attached hydrogens (primary N) is 1. The van der Waals surface area contributed by atoms with Gasteiger partial charge in [-0.15, -0.1) is 0 Å². The molecule has 0 saturated carbocycles. The zero-order valence-corrected chi connectivity index (χ0v) is 15.5. The van der Waals surface area contributed by atoms with E-state index in [2.05, 4.69) is 64.2 Å². The topological polar surface area (TPSA) is 35.2 Å². The predicted molar refractivity (Wildman–Crippen MR) is 98.9 cm³/mol. The Labute approximate surface area is 135 Å². The molecular weight excluding hydrogens is 286 g/mol. The molecule has 0 heterocycles. The van der Waals surface area contributed by atoms with Crippen LogP contribution in [0.1, 0.15) is 26.3 Å². The van der Waals surface area contributed by atoms with Crippen molar-refractivity contribution in [3.63, 3.8) is 0 Å². The first-order chi connectivity index (χ1) is 10.1. The first-order valence-corrected chi connectivity index (χ1v) is 10.7. The van der Waals surface area contributed by atoms with Crippen molar-refractivity contribution >= 4 is 14.0 Å². The Balaban J connectivity index is 2.26. The highest BCUT2D eigenvalue weighted by atomic mass is 28.4. The maximum absolute atomic E-state index is 6.32. The minimum absolute atomic E-state index is 0.201. The van der Waals surface area contributed by atoms with Gasteiger partial charge in [0.1, 0.15) is 5.75 Å². The predicted octanol–water partition coefficient (Wildman–Crippen LogP) is 5.63. The van der Waals surface area contributed by atoms with Gasteiger partial charge in [-0.2, -0.15) is 0 Å². The summed E-state index contributed by atoms with van der Waals surface area (Å²) in [6.07, 6.45) is 0. The Hall–Kier alpha value is -1.74. The standard InChI is InChI=1S/C19H27NOSi/c1-14-8-7-9-17(18(14)20)15-10-12-16(13-11-15)21-22(5,6)19(2,3)4/h7-13H,20H2,1-6H3. The fraction of sp³-hybridized carbons (Fsp3) is 0.368. The molecule has 0 unspecified atom stereocenters. The Bertz CT molecular complexity index is 654. The molecule has 0 bridgehead atoms. The van der Waals surface area contributed by atoms with Crippen LogP contribution in [0.2, 0.25) is 18.1 Å². The van der Waals surface area contributed by atoms with E-state index in [-0.39, 0.29) is 5.04 Å². The van der Waals surface area contributed by atoms with E-state index in [0.29, 0.717) is 0 Å². The third-order valence-electron chi connectivity index (χ3n) is 4.67. The molecule has 3 heteroatoms. The molecule has 118 valence electrons. The lowest BCUT2D eigenvalue weighted by molar-refractivity contribution is 0.492. The van der Waals surface area contributed by atoms with E-state index in [9.17, 15) is 0 Å². The van der Waals surface area contributed by atoms with Crippen LogP contribution in [0, 0.1) is 6.92 Å². The molecular formula is C19H27NOSi. The molecule has 0 aliphatic heterocycles. The highest BCUT2D eigenvalue weighted by Gasteiger charge is 2.38. The monoisotopic (exact) mass is 313 g/mol. The number of hydrogen-bond donors (Lipinski definition) is 1. The minimum atomic E-state index is -1.79. The molecule has 2 aromatic rings. The number of benzene rings is 2. The van der Waals surface area contributed by atoms with Crippen molar-refractivity contribution in [2.75, 3.05) is 5.73 Å². The van der Waals surface area contributed by atoms with Crippen LogP contribution < -0.4 is 10.2 Å². The van der Waals surface area contributed by atoms with Gasteiger partial charge in [0.2, 0.25) is 8.32 Å². The number of para-hydroxylation sites is 1. The van der Waals surface area contributed by atoms with Crippen molar-refractivity contribution in [1.82, 2.24) is 0 Å². The van der Waals surface area contributed by atoms with Gasteiger partial charge in [-0.3, -0.25) is 0 Å². The summed E-state index contributed by atoms with van der Waals surface area (Å²) >= 11 is 0. The molecule has 2 aromatic carbocycles. The summed E-state index contributed by atoms with van der Waals surface area (Å²) < 4.78 is 6.32. The van der Waals surface area contributed by atoms with Crippen molar-refractivity contribution in [3.05, 3.63) is 48.0 Å². The largest absolute Gasteiger partial charge is 0.544 e. The second-order valence-corrected chi connectivity index (χ2v) is 12.1. The van der Waals surface area contributed by atoms with Gasteiger partial charge in [0, 0.05) is 11.3 Å². The summed E-state index contributed by atoms with van der Waals surface area (Å²) in [6.45, 7) is 13.3. The third-order valence-corrected chi connectivity index (χ3v) is 9.03. The highest BCUT2D eigenvalue weighted by Crippen LogP contribution is 2.38. The van der Waals surface area contributed by atoms with Crippen LogP contribution in [0.5, 0.6) is 5.75 Å². The Morgan fingerprint density at radius 1 is 0.955 bits per heavy atom. The summed E-state index contributed by atoms with van der Waals surface area (Å²) in [7, 11) is -1.79. The van der Waals surface area contributed by atoms with E-state index in [1.165, 1.54) is 0 Å². The van der Waals surface area contributed by atoms with E-state index in [1.54, 1.807) is 0 Å². The van der Waals surface area contributed by atoms with Crippen LogP contribution in [-0.4, -0.2) is 8.32 Å². The molecule has 2 N–H and O–H groups in total. The van der Waals surface area contributed by atoms with Crippen molar-refractivity contribution in [2.24, 2.45) is 0 Å². The number of anilines is 1. The average Bonchev–Trinajstić information content (AvgIpc) is 2.41. The molecule has 2 rings (SSSR count). The van der Waals surface area contributed by atoms with Gasteiger partial charge in [0.25, 0.3) is 0 Å². The van der Waals surface area contributed by atoms with E-state index in [1.807, 2.05) is 19.1 Å². The SMILES string of the molecule is Cc1cccc(-c2ccc(O[Si](C)(C)C(C)(C)C)cc2)c1N. The fourth-order valence-electron chi connectivity index (χ4n) is 2.08. The van der Waals surface area contributed by atoms with Crippen molar-refractivity contribution < 1.29 is 4.43 Å². The summed E-state index contributed by atoms with van der Waals surface area (Å²) in [5.41, 5.74) is 10.4. The summed E-state index contributed by atoms with van der Waals surface area (Å²) in [4.78, 5) is 0. The second kappa shape index (κ2) is 5.80. The number of nitrogen functional groups attached to an aromatic ring is 1. The van der Waals surface area contributed by atoms with Gasteiger partial charge in [0.05, 0.1) is 0 Å². The van der Waals surface area contributed by atoms with Crippen molar-refractivity contribution in [1.29, 1.82) is 0 Å². The maximum Gasteiger partial charge on any atom is 0.250 e. The lowest BCUT2D eigenvalue weighted by Gasteiger charge is -2.36. The maximum atomic E-state index is 6.32. The molecule has 0 radical (unpaired) electrons. The average molecular weight is 314 g/mol. The van der Waals surface area contributed by atoms with Gasteiger partial charge in [0.15, 0.2) is 0 Å². The van der Waals surface area contributed by atoms with Gasteiger partial charge in [-0.05, 0) is 48.3 Å². The first kappa shape index (κ1) is 16.6. The van der Waals surface area contributed by atoms with Crippen molar-refractivity contribution in [2.45, 2.75) is 45.8 Å². The Morgan fingerprint density at radius 3 is 2.09 bits per heavy atom. The zero-order chi connectivity index (χ0) is 16.5. The van der Waals surface area contributed by atoms with E-state index in [0.717, 1.165) is 28.1 Å². The van der Waals surface area contributed by atoms with E-state index >= 15 is 0 Å². The summed E-state index contributed by atoms with van der Waals surface area (Å²) in [5, 5.41) is 0.201. The second-order valence-electron chi connectivity index (χ2n) is 7.42. The van der Waals surface area contributed by atoms with Crippen LogP contribution in [0.25, 0.3) is 11.1 Å². The smallest absolute Gasteiger partial charge is 0.250 e. The van der Waals surface area contributed by atoms with Gasteiger partial charge >= 0.3 is 0 Å². The summed E-state index contributed by atoms with van der Waals surface area (Å²) in [6, 6.07) is 14.4. The number of rotatable bonds is 3.